The number of methoxy groups -OCH3 is 2. The first-order valence-corrected chi connectivity index (χ1v) is 8.34. The van der Waals surface area contributed by atoms with E-state index in [1.54, 1.807) is 14.2 Å². The Kier molecular flexibility index (Phi) is 3.68. The third-order valence-electron chi connectivity index (χ3n) is 4.94. The highest BCUT2D eigenvalue weighted by Crippen LogP contribution is 2.31. The second-order valence-corrected chi connectivity index (χ2v) is 6.47. The van der Waals surface area contributed by atoms with Gasteiger partial charge in [0.25, 0.3) is 0 Å². The van der Waals surface area contributed by atoms with Crippen LogP contribution >= 0.6 is 0 Å². The van der Waals surface area contributed by atoms with Gasteiger partial charge in [0.2, 0.25) is 0 Å². The highest BCUT2D eigenvalue weighted by molar-refractivity contribution is 5.89. The normalized spacial score (nSPS) is 11.4. The summed E-state index contributed by atoms with van der Waals surface area (Å²) in [7, 11) is 7.59. The van der Waals surface area contributed by atoms with Gasteiger partial charge in [0.05, 0.1) is 14.2 Å². The molecule has 2 heterocycles. The molecule has 4 aromatic rings. The van der Waals surface area contributed by atoms with Crippen LogP contribution in [0.25, 0.3) is 21.8 Å². The standard InChI is InChI=1S/C21H22N2O2/c1-22-12-14(18-10-16(24-3)5-7-20(18)22)9-15-13-23(2)21-8-6-17(25-4)11-19(15)21/h5-8,10-13H,9H2,1-4H3. The van der Waals surface area contributed by atoms with Gasteiger partial charge >= 0.3 is 0 Å². The third kappa shape index (κ3) is 2.54. The van der Waals surface area contributed by atoms with Crippen molar-refractivity contribution >= 4 is 21.8 Å². The number of rotatable bonds is 4. The number of aryl methyl sites for hydroxylation is 2. The first-order valence-electron chi connectivity index (χ1n) is 8.34. The molecule has 0 unspecified atom stereocenters. The summed E-state index contributed by atoms with van der Waals surface area (Å²) in [5.41, 5.74) is 5.03. The first-order chi connectivity index (χ1) is 12.1. The molecule has 2 aromatic carbocycles. The van der Waals surface area contributed by atoms with Gasteiger partial charge in [0, 0.05) is 54.7 Å². The molecule has 0 aliphatic carbocycles. The molecule has 0 aliphatic heterocycles. The lowest BCUT2D eigenvalue weighted by atomic mass is 10.0. The van der Waals surface area contributed by atoms with Gasteiger partial charge in [-0.15, -0.1) is 0 Å². The Morgan fingerprint density at radius 2 is 1.16 bits per heavy atom. The monoisotopic (exact) mass is 334 g/mol. The zero-order chi connectivity index (χ0) is 17.6. The van der Waals surface area contributed by atoms with Gasteiger partial charge in [0.15, 0.2) is 0 Å². The molecule has 25 heavy (non-hydrogen) atoms. The van der Waals surface area contributed by atoms with Crippen LogP contribution in [0.3, 0.4) is 0 Å². The minimum atomic E-state index is 0.870. The molecule has 0 saturated carbocycles. The molecule has 0 fully saturated rings. The average molecular weight is 334 g/mol. The van der Waals surface area contributed by atoms with Crippen molar-refractivity contribution in [1.29, 1.82) is 0 Å². The number of fused-ring (bicyclic) bond motifs is 2. The summed E-state index contributed by atoms with van der Waals surface area (Å²) in [6.45, 7) is 0. The van der Waals surface area contributed by atoms with Crippen LogP contribution in [0.15, 0.2) is 48.8 Å². The van der Waals surface area contributed by atoms with E-state index in [0.717, 1.165) is 17.9 Å². The molecule has 0 aliphatic rings. The maximum atomic E-state index is 5.41. The summed E-state index contributed by atoms with van der Waals surface area (Å²) in [5, 5.41) is 2.48. The van der Waals surface area contributed by atoms with Crippen molar-refractivity contribution in [1.82, 2.24) is 9.13 Å². The van der Waals surface area contributed by atoms with Crippen LogP contribution in [0.2, 0.25) is 0 Å². The lowest BCUT2D eigenvalue weighted by Gasteiger charge is -2.03. The summed E-state index contributed by atoms with van der Waals surface area (Å²) >= 11 is 0. The van der Waals surface area contributed by atoms with Crippen LogP contribution in [-0.4, -0.2) is 23.4 Å². The quantitative estimate of drug-likeness (QED) is 0.557. The Hall–Kier alpha value is -2.88. The molecule has 0 bridgehead atoms. The van der Waals surface area contributed by atoms with Crippen LogP contribution in [-0.2, 0) is 20.5 Å². The minimum Gasteiger partial charge on any atom is -0.497 e. The largest absolute Gasteiger partial charge is 0.497 e. The highest BCUT2D eigenvalue weighted by atomic mass is 16.5. The fourth-order valence-corrected chi connectivity index (χ4v) is 3.65. The molecule has 0 spiro atoms. The first kappa shape index (κ1) is 15.6. The number of hydrogen-bond donors (Lipinski definition) is 0. The molecule has 2 aromatic heterocycles. The maximum Gasteiger partial charge on any atom is 0.119 e. The van der Waals surface area contributed by atoms with Crippen LogP contribution in [0.4, 0.5) is 0 Å². The lowest BCUT2D eigenvalue weighted by Crippen LogP contribution is -1.87. The minimum absolute atomic E-state index is 0.870. The predicted octanol–water partition coefficient (Wildman–Crippen LogP) is 4.28. The van der Waals surface area contributed by atoms with Gasteiger partial charge in [-0.25, -0.2) is 0 Å². The van der Waals surface area contributed by atoms with Crippen molar-refractivity contribution in [2.24, 2.45) is 14.1 Å². The Labute approximate surface area is 147 Å². The zero-order valence-corrected chi connectivity index (χ0v) is 15.0. The van der Waals surface area contributed by atoms with E-state index in [1.807, 2.05) is 12.1 Å². The number of aromatic nitrogens is 2. The summed E-state index contributed by atoms with van der Waals surface area (Å²) < 4.78 is 15.2. The van der Waals surface area contributed by atoms with E-state index < -0.39 is 0 Å². The summed E-state index contributed by atoms with van der Waals surface area (Å²) in [5.74, 6) is 1.78. The summed E-state index contributed by atoms with van der Waals surface area (Å²) in [6, 6.07) is 12.5. The van der Waals surface area contributed by atoms with E-state index in [9.17, 15) is 0 Å². The number of ether oxygens (including phenoxy) is 2. The molecular formula is C21H22N2O2. The van der Waals surface area contributed by atoms with Crippen LogP contribution < -0.4 is 9.47 Å². The van der Waals surface area contributed by atoms with E-state index in [1.165, 1.54) is 32.9 Å². The second kappa shape index (κ2) is 5.88. The smallest absolute Gasteiger partial charge is 0.119 e. The average Bonchev–Trinajstić information content (AvgIpc) is 3.11. The summed E-state index contributed by atoms with van der Waals surface area (Å²) in [6.07, 6.45) is 5.29. The second-order valence-electron chi connectivity index (χ2n) is 6.47. The molecule has 0 radical (unpaired) electrons. The van der Waals surface area contributed by atoms with Crippen molar-refractivity contribution in [3.05, 3.63) is 59.9 Å². The SMILES string of the molecule is COc1ccc2c(c1)c(Cc1cn(C)c3ccc(OC)cc13)cn2C. The van der Waals surface area contributed by atoms with Crippen LogP contribution in [0.5, 0.6) is 11.5 Å². The van der Waals surface area contributed by atoms with Gasteiger partial charge in [-0.2, -0.15) is 0 Å². The van der Waals surface area contributed by atoms with Crippen molar-refractivity contribution in [3.63, 3.8) is 0 Å². The summed E-state index contributed by atoms with van der Waals surface area (Å²) in [4.78, 5) is 0. The molecular weight excluding hydrogens is 312 g/mol. The topological polar surface area (TPSA) is 28.3 Å². The molecule has 4 heteroatoms. The van der Waals surface area contributed by atoms with E-state index in [0.29, 0.717) is 0 Å². The fraction of sp³-hybridized carbons (Fsp3) is 0.238. The van der Waals surface area contributed by atoms with E-state index in [2.05, 4.69) is 59.9 Å². The molecule has 0 N–H and O–H groups in total. The van der Waals surface area contributed by atoms with Gasteiger partial charge in [-0.3, -0.25) is 0 Å². The zero-order valence-electron chi connectivity index (χ0n) is 15.0. The Bertz CT molecular complexity index is 987. The van der Waals surface area contributed by atoms with Gasteiger partial charge in [-0.05, 0) is 47.5 Å². The highest BCUT2D eigenvalue weighted by Gasteiger charge is 2.13. The van der Waals surface area contributed by atoms with E-state index in [-0.39, 0.29) is 0 Å². The Balaban J connectivity index is 1.85. The van der Waals surface area contributed by atoms with E-state index in [4.69, 9.17) is 9.47 Å². The third-order valence-corrected chi connectivity index (χ3v) is 4.94. The van der Waals surface area contributed by atoms with Gasteiger partial charge in [-0.1, -0.05) is 0 Å². The maximum absolute atomic E-state index is 5.41. The fourth-order valence-electron chi connectivity index (χ4n) is 3.65. The predicted molar refractivity (Wildman–Crippen MR) is 102 cm³/mol. The van der Waals surface area contributed by atoms with Crippen molar-refractivity contribution in [2.75, 3.05) is 14.2 Å². The van der Waals surface area contributed by atoms with Crippen LogP contribution in [0, 0.1) is 0 Å². The number of hydrogen-bond acceptors (Lipinski definition) is 2. The lowest BCUT2D eigenvalue weighted by molar-refractivity contribution is 0.415. The van der Waals surface area contributed by atoms with Crippen molar-refractivity contribution < 1.29 is 9.47 Å². The van der Waals surface area contributed by atoms with Crippen molar-refractivity contribution in [3.8, 4) is 11.5 Å². The molecule has 4 rings (SSSR count). The molecule has 128 valence electrons. The van der Waals surface area contributed by atoms with E-state index >= 15 is 0 Å². The number of benzene rings is 2. The van der Waals surface area contributed by atoms with Crippen LogP contribution in [0.1, 0.15) is 11.1 Å². The van der Waals surface area contributed by atoms with Gasteiger partial charge in [0.1, 0.15) is 11.5 Å². The molecule has 4 nitrogen and oxygen atoms in total. The Morgan fingerprint density at radius 3 is 1.56 bits per heavy atom. The number of nitrogens with zero attached hydrogens (tertiary/aromatic N) is 2. The molecule has 0 saturated heterocycles. The Morgan fingerprint density at radius 1 is 0.720 bits per heavy atom. The van der Waals surface area contributed by atoms with Crippen molar-refractivity contribution in [2.45, 2.75) is 6.42 Å². The van der Waals surface area contributed by atoms with Gasteiger partial charge < -0.3 is 18.6 Å². The molecule has 0 amide bonds. The molecule has 0 atom stereocenters.